The lowest BCUT2D eigenvalue weighted by Gasteiger charge is -2.12. The second kappa shape index (κ2) is 9.67. The predicted molar refractivity (Wildman–Crippen MR) is 119 cm³/mol. The molecule has 1 heterocycles. The second-order valence-corrected chi connectivity index (χ2v) is 8.03. The molecule has 0 aliphatic carbocycles. The smallest absolute Gasteiger partial charge is 0.294 e. The first kappa shape index (κ1) is 22.4. The molecule has 2 aromatic carbocycles. The Hall–Kier alpha value is -3.30. The van der Waals surface area contributed by atoms with Gasteiger partial charge < -0.3 is 15.8 Å². The molecule has 160 valence electrons. The molecule has 1 aliphatic rings. The van der Waals surface area contributed by atoms with E-state index in [0.29, 0.717) is 11.3 Å². The van der Waals surface area contributed by atoms with Gasteiger partial charge in [0.25, 0.3) is 17.1 Å². The fourth-order valence-electron chi connectivity index (χ4n) is 2.73. The van der Waals surface area contributed by atoms with Crippen molar-refractivity contribution in [2.75, 3.05) is 18.5 Å². The Kier molecular flexibility index (Phi) is 6.98. The van der Waals surface area contributed by atoms with Gasteiger partial charge in [-0.1, -0.05) is 29.8 Å². The summed E-state index contributed by atoms with van der Waals surface area (Å²) in [5.74, 6) is -1.42. The predicted octanol–water partition coefficient (Wildman–Crippen LogP) is 3.19. The number of benzene rings is 2. The minimum absolute atomic E-state index is 0.162. The molecule has 4 amide bonds. The minimum atomic E-state index is -0.639. The van der Waals surface area contributed by atoms with Crippen LogP contribution >= 0.6 is 23.4 Å². The van der Waals surface area contributed by atoms with Crippen molar-refractivity contribution in [3.05, 3.63) is 63.5 Å². The lowest BCUT2D eigenvalue weighted by Crippen LogP contribution is -2.36. The van der Waals surface area contributed by atoms with Gasteiger partial charge in [-0.15, -0.1) is 0 Å². The van der Waals surface area contributed by atoms with Gasteiger partial charge in [-0.3, -0.25) is 24.1 Å². The third kappa shape index (κ3) is 5.87. The van der Waals surface area contributed by atoms with Gasteiger partial charge in [0.15, 0.2) is 6.61 Å². The van der Waals surface area contributed by atoms with Gasteiger partial charge in [0, 0.05) is 5.69 Å². The third-order valence-electron chi connectivity index (χ3n) is 4.10. The highest BCUT2D eigenvalue weighted by molar-refractivity contribution is 8.18. The number of nitrogens with one attached hydrogen (secondary N) is 1. The van der Waals surface area contributed by atoms with Crippen LogP contribution < -0.4 is 15.8 Å². The number of carbonyl (C=O) groups excluding carboxylic acids is 4. The summed E-state index contributed by atoms with van der Waals surface area (Å²) in [4.78, 5) is 49.0. The van der Waals surface area contributed by atoms with E-state index in [1.54, 1.807) is 24.3 Å². The zero-order chi connectivity index (χ0) is 22.5. The Labute approximate surface area is 187 Å². The molecule has 2 aromatic rings. The van der Waals surface area contributed by atoms with Gasteiger partial charge in [-0.25, -0.2) is 0 Å². The van der Waals surface area contributed by atoms with E-state index in [4.69, 9.17) is 22.1 Å². The Morgan fingerprint density at radius 2 is 2.00 bits per heavy atom. The summed E-state index contributed by atoms with van der Waals surface area (Å²) in [6.45, 7) is 1.18. The van der Waals surface area contributed by atoms with Crippen molar-refractivity contribution < 1.29 is 23.9 Å². The van der Waals surface area contributed by atoms with E-state index in [1.807, 2.05) is 13.0 Å². The zero-order valence-electron chi connectivity index (χ0n) is 16.4. The first-order valence-electron chi connectivity index (χ1n) is 9.05. The number of amides is 4. The number of rotatable bonds is 7. The van der Waals surface area contributed by atoms with Gasteiger partial charge in [0.05, 0.1) is 9.93 Å². The number of imide groups is 1. The zero-order valence-corrected chi connectivity index (χ0v) is 18.0. The fourth-order valence-corrected chi connectivity index (χ4v) is 3.81. The molecule has 8 nitrogen and oxygen atoms in total. The van der Waals surface area contributed by atoms with Gasteiger partial charge >= 0.3 is 0 Å². The Morgan fingerprint density at radius 3 is 2.68 bits per heavy atom. The van der Waals surface area contributed by atoms with Gasteiger partial charge in [0.2, 0.25) is 5.91 Å². The van der Waals surface area contributed by atoms with Gasteiger partial charge in [-0.2, -0.15) is 0 Å². The summed E-state index contributed by atoms with van der Waals surface area (Å²) in [7, 11) is 0. The van der Waals surface area contributed by atoms with Crippen LogP contribution in [0.25, 0.3) is 6.08 Å². The Bertz CT molecular complexity index is 1100. The number of primary amides is 1. The topological polar surface area (TPSA) is 119 Å². The molecule has 3 rings (SSSR count). The number of aryl methyl sites for hydroxylation is 1. The van der Waals surface area contributed by atoms with Crippen molar-refractivity contribution in [3.8, 4) is 5.75 Å². The van der Waals surface area contributed by atoms with Gasteiger partial charge in [-0.05, 0) is 60.2 Å². The first-order valence-corrected chi connectivity index (χ1v) is 10.2. The van der Waals surface area contributed by atoms with Crippen LogP contribution in [0.4, 0.5) is 10.5 Å². The van der Waals surface area contributed by atoms with Crippen LogP contribution in [0.2, 0.25) is 5.02 Å². The number of hydrogen-bond acceptors (Lipinski definition) is 6. The maximum atomic E-state index is 12.6. The van der Waals surface area contributed by atoms with Crippen molar-refractivity contribution in [2.45, 2.75) is 6.92 Å². The SMILES string of the molecule is Cc1cccc(NC(=O)CN2C(=O)SC(=Cc3ccc(OCC(N)=O)c(Cl)c3)C2=O)c1. The molecule has 31 heavy (non-hydrogen) atoms. The van der Waals surface area contributed by atoms with E-state index in [-0.39, 0.29) is 22.3 Å². The molecule has 1 saturated heterocycles. The lowest BCUT2D eigenvalue weighted by molar-refractivity contribution is -0.127. The highest BCUT2D eigenvalue weighted by Gasteiger charge is 2.36. The molecule has 1 aliphatic heterocycles. The number of nitrogens with zero attached hydrogens (tertiary/aromatic N) is 1. The third-order valence-corrected chi connectivity index (χ3v) is 5.30. The number of carbonyl (C=O) groups is 4. The summed E-state index contributed by atoms with van der Waals surface area (Å²) in [5.41, 5.74) is 7.13. The number of hydrogen-bond donors (Lipinski definition) is 2. The minimum Gasteiger partial charge on any atom is -0.482 e. The quantitative estimate of drug-likeness (QED) is 0.614. The summed E-state index contributed by atoms with van der Waals surface area (Å²) in [6, 6.07) is 11.8. The van der Waals surface area contributed by atoms with Gasteiger partial charge in [0.1, 0.15) is 12.3 Å². The van der Waals surface area contributed by atoms with Crippen molar-refractivity contribution in [3.63, 3.8) is 0 Å². The molecule has 0 radical (unpaired) electrons. The normalized spacial score (nSPS) is 14.8. The maximum absolute atomic E-state index is 12.6. The molecular formula is C21H18ClN3O5S. The largest absolute Gasteiger partial charge is 0.482 e. The molecule has 0 spiro atoms. The molecule has 10 heteroatoms. The average Bonchev–Trinajstić information content (AvgIpc) is 2.94. The van der Waals surface area contributed by atoms with Crippen molar-refractivity contribution in [1.82, 2.24) is 4.90 Å². The van der Waals surface area contributed by atoms with Crippen LogP contribution in [0, 0.1) is 6.92 Å². The van der Waals surface area contributed by atoms with Crippen molar-refractivity contribution in [2.24, 2.45) is 5.73 Å². The molecule has 0 unspecified atom stereocenters. The fraction of sp³-hybridized carbons (Fsp3) is 0.143. The lowest BCUT2D eigenvalue weighted by atomic mass is 10.2. The Morgan fingerprint density at radius 1 is 1.23 bits per heavy atom. The molecule has 0 saturated carbocycles. The number of ether oxygens (including phenoxy) is 1. The maximum Gasteiger partial charge on any atom is 0.294 e. The van der Waals surface area contributed by atoms with Crippen LogP contribution in [0.15, 0.2) is 47.4 Å². The molecule has 0 atom stereocenters. The van der Waals surface area contributed by atoms with E-state index in [9.17, 15) is 19.2 Å². The number of thioether (sulfide) groups is 1. The van der Waals surface area contributed by atoms with E-state index in [1.165, 1.54) is 18.2 Å². The van der Waals surface area contributed by atoms with E-state index in [2.05, 4.69) is 5.32 Å². The number of anilines is 1. The monoisotopic (exact) mass is 459 g/mol. The number of nitrogens with two attached hydrogens (primary N) is 1. The van der Waals surface area contributed by atoms with Crippen LogP contribution in [0.1, 0.15) is 11.1 Å². The van der Waals surface area contributed by atoms with E-state index in [0.717, 1.165) is 22.2 Å². The highest BCUT2D eigenvalue weighted by atomic mass is 35.5. The van der Waals surface area contributed by atoms with Crippen LogP contribution in [-0.4, -0.2) is 41.0 Å². The number of halogens is 1. The molecule has 0 aromatic heterocycles. The van der Waals surface area contributed by atoms with Crippen LogP contribution in [0.3, 0.4) is 0 Å². The summed E-state index contributed by atoms with van der Waals surface area (Å²) in [6.07, 6.45) is 1.49. The van der Waals surface area contributed by atoms with E-state index < -0.39 is 29.5 Å². The molecule has 0 bridgehead atoms. The van der Waals surface area contributed by atoms with Crippen LogP contribution in [-0.2, 0) is 14.4 Å². The molecule has 3 N–H and O–H groups in total. The Balaban J connectivity index is 1.68. The molecule has 1 fully saturated rings. The highest BCUT2D eigenvalue weighted by Crippen LogP contribution is 2.33. The second-order valence-electron chi connectivity index (χ2n) is 6.63. The summed E-state index contributed by atoms with van der Waals surface area (Å²) in [5, 5.41) is 2.35. The first-order chi connectivity index (χ1) is 14.7. The summed E-state index contributed by atoms with van der Waals surface area (Å²) < 4.78 is 5.17. The van der Waals surface area contributed by atoms with Crippen LogP contribution in [0.5, 0.6) is 5.75 Å². The average molecular weight is 460 g/mol. The standard InChI is InChI=1S/C21H18ClN3O5S/c1-12-3-2-4-14(7-12)24-19(27)10-25-20(28)17(31-21(25)29)9-13-5-6-16(15(22)8-13)30-11-18(23)26/h2-9H,10-11H2,1H3,(H2,23,26)(H,24,27). The van der Waals surface area contributed by atoms with Crippen molar-refractivity contribution >= 4 is 58.1 Å². The van der Waals surface area contributed by atoms with E-state index >= 15 is 0 Å². The molecular weight excluding hydrogens is 442 g/mol. The van der Waals surface area contributed by atoms with Crippen molar-refractivity contribution in [1.29, 1.82) is 0 Å². The summed E-state index contributed by atoms with van der Waals surface area (Å²) >= 11 is 6.86.